The first-order chi connectivity index (χ1) is 26.3. The summed E-state index contributed by atoms with van der Waals surface area (Å²) in [5.74, 6) is 2.24. The van der Waals surface area contributed by atoms with E-state index in [9.17, 15) is 0 Å². The molecule has 0 unspecified atom stereocenters. The lowest BCUT2D eigenvalue weighted by Gasteiger charge is -2.13. The molecule has 3 aromatic heterocycles. The zero-order chi connectivity index (χ0) is 35.1. The number of fused-ring (bicyclic) bond motifs is 4. The highest BCUT2D eigenvalue weighted by Gasteiger charge is 2.21. The number of para-hydroxylation sites is 1. The average Bonchev–Trinajstić information content (AvgIpc) is 3.58. The van der Waals surface area contributed by atoms with Crippen molar-refractivity contribution in [2.24, 2.45) is 0 Å². The second kappa shape index (κ2) is 12.8. The van der Waals surface area contributed by atoms with Crippen molar-refractivity contribution < 1.29 is 0 Å². The van der Waals surface area contributed by atoms with Gasteiger partial charge in [-0.15, -0.1) is 0 Å². The molecule has 0 aliphatic carbocycles. The van der Waals surface area contributed by atoms with Crippen LogP contribution >= 0.6 is 0 Å². The van der Waals surface area contributed by atoms with E-state index in [1.807, 2.05) is 54.6 Å². The summed E-state index contributed by atoms with van der Waals surface area (Å²) in [6.45, 7) is 0. The normalized spacial score (nSPS) is 11.4. The minimum absolute atomic E-state index is 0.697. The molecule has 0 fully saturated rings. The first-order valence-electron chi connectivity index (χ1n) is 17.7. The third-order valence-electron chi connectivity index (χ3n) is 9.80. The number of hydrogen-bond donors (Lipinski definition) is 0. The van der Waals surface area contributed by atoms with Crippen LogP contribution in [0.5, 0.6) is 0 Å². The van der Waals surface area contributed by atoms with Gasteiger partial charge in [-0.3, -0.25) is 4.40 Å². The molecule has 5 nitrogen and oxygen atoms in total. The minimum Gasteiger partial charge on any atom is -0.277 e. The van der Waals surface area contributed by atoms with E-state index >= 15 is 0 Å². The molecule has 5 heteroatoms. The highest BCUT2D eigenvalue weighted by Crippen LogP contribution is 2.39. The number of aromatic nitrogens is 5. The predicted octanol–water partition coefficient (Wildman–Crippen LogP) is 11.8. The topological polar surface area (TPSA) is 56.0 Å². The van der Waals surface area contributed by atoms with Gasteiger partial charge in [0.15, 0.2) is 11.6 Å². The molecule has 0 amide bonds. The third-order valence-corrected chi connectivity index (χ3v) is 9.80. The SMILES string of the molecule is c1ccc(-c2nc(-c3ccccc3)n3c(-c4cccc(-c5cccc(-c6nc(-c7ccccc7)c7ccccc7n6)c5)c4)c4ccccc4c3n2)cc1. The quantitative estimate of drug-likeness (QED) is 0.176. The summed E-state index contributed by atoms with van der Waals surface area (Å²) in [6, 6.07) is 64.9. The second-order valence-corrected chi connectivity index (χ2v) is 13.1. The van der Waals surface area contributed by atoms with Gasteiger partial charge in [0.2, 0.25) is 0 Å². The summed E-state index contributed by atoms with van der Waals surface area (Å²) < 4.78 is 2.23. The van der Waals surface area contributed by atoms with E-state index in [0.717, 1.165) is 83.5 Å². The summed E-state index contributed by atoms with van der Waals surface area (Å²) in [5, 5.41) is 3.23. The minimum atomic E-state index is 0.697. The molecule has 10 aromatic rings. The van der Waals surface area contributed by atoms with Crippen molar-refractivity contribution in [2.75, 3.05) is 0 Å². The summed E-state index contributed by atoms with van der Waals surface area (Å²) in [4.78, 5) is 20.6. The average molecular weight is 678 g/mol. The van der Waals surface area contributed by atoms with Gasteiger partial charge in [0.25, 0.3) is 0 Å². The monoisotopic (exact) mass is 677 g/mol. The van der Waals surface area contributed by atoms with Crippen molar-refractivity contribution in [3.63, 3.8) is 0 Å². The molecule has 248 valence electrons. The van der Waals surface area contributed by atoms with E-state index in [1.54, 1.807) is 0 Å². The fourth-order valence-electron chi connectivity index (χ4n) is 7.31. The molecule has 0 spiro atoms. The Kier molecular flexibility index (Phi) is 7.40. The van der Waals surface area contributed by atoms with Crippen molar-refractivity contribution in [1.82, 2.24) is 24.3 Å². The molecule has 3 heterocycles. The van der Waals surface area contributed by atoms with Crippen LogP contribution in [-0.4, -0.2) is 24.3 Å². The summed E-state index contributed by atoms with van der Waals surface area (Å²) in [5.41, 5.74) is 11.1. The van der Waals surface area contributed by atoms with Crippen LogP contribution in [-0.2, 0) is 0 Å². The van der Waals surface area contributed by atoms with Crippen molar-refractivity contribution in [3.8, 4) is 67.8 Å². The second-order valence-electron chi connectivity index (χ2n) is 13.1. The van der Waals surface area contributed by atoms with Crippen LogP contribution in [0.2, 0.25) is 0 Å². The van der Waals surface area contributed by atoms with Crippen molar-refractivity contribution in [1.29, 1.82) is 0 Å². The first kappa shape index (κ1) is 30.6. The number of rotatable bonds is 6. The van der Waals surface area contributed by atoms with Gasteiger partial charge in [0.05, 0.1) is 16.9 Å². The van der Waals surface area contributed by atoms with Crippen LogP contribution in [0.15, 0.2) is 188 Å². The van der Waals surface area contributed by atoms with Crippen molar-refractivity contribution >= 4 is 27.3 Å². The molecule has 0 aliphatic rings. The van der Waals surface area contributed by atoms with Gasteiger partial charge < -0.3 is 0 Å². The lowest BCUT2D eigenvalue weighted by atomic mass is 9.98. The Morgan fingerprint density at radius 3 is 1.55 bits per heavy atom. The molecule has 0 bridgehead atoms. The number of hydrogen-bond acceptors (Lipinski definition) is 4. The standard InChI is InChI=1S/C48H31N5/c1-4-16-32(17-5-1)43-41-28-12-13-29-42(41)49-46(50-43)38-25-15-23-36(31-38)35-22-14-24-37(30-35)44-39-26-10-11-27-40(39)48-52-45(33-18-6-2-7-19-33)51-47(53(44)48)34-20-8-3-9-21-34/h1-31H. The zero-order valence-electron chi connectivity index (χ0n) is 28.6. The van der Waals surface area contributed by atoms with E-state index in [0.29, 0.717) is 11.6 Å². The van der Waals surface area contributed by atoms with Crippen LogP contribution in [0.3, 0.4) is 0 Å². The van der Waals surface area contributed by atoms with Crippen LogP contribution in [0.25, 0.3) is 95.1 Å². The molecule has 0 radical (unpaired) electrons. The fraction of sp³-hybridized carbons (Fsp3) is 0. The first-order valence-corrected chi connectivity index (χ1v) is 17.7. The Bertz CT molecular complexity index is 2940. The Morgan fingerprint density at radius 1 is 0.321 bits per heavy atom. The van der Waals surface area contributed by atoms with E-state index in [-0.39, 0.29) is 0 Å². The Hall–Kier alpha value is -7.24. The molecule has 0 saturated carbocycles. The lowest BCUT2D eigenvalue weighted by molar-refractivity contribution is 1.05. The van der Waals surface area contributed by atoms with Gasteiger partial charge >= 0.3 is 0 Å². The molecule has 7 aromatic carbocycles. The number of benzene rings is 7. The Balaban J connectivity index is 1.15. The van der Waals surface area contributed by atoms with E-state index in [2.05, 4.69) is 138 Å². The lowest BCUT2D eigenvalue weighted by Crippen LogP contribution is -2.03. The van der Waals surface area contributed by atoms with Gasteiger partial charge in [-0.25, -0.2) is 19.9 Å². The van der Waals surface area contributed by atoms with E-state index in [1.165, 1.54) is 0 Å². The van der Waals surface area contributed by atoms with Crippen LogP contribution in [0.4, 0.5) is 0 Å². The van der Waals surface area contributed by atoms with Gasteiger partial charge in [0.1, 0.15) is 11.5 Å². The highest BCUT2D eigenvalue weighted by atomic mass is 15.1. The molecule has 53 heavy (non-hydrogen) atoms. The van der Waals surface area contributed by atoms with Crippen molar-refractivity contribution in [3.05, 3.63) is 188 Å². The maximum Gasteiger partial charge on any atom is 0.163 e. The van der Waals surface area contributed by atoms with Crippen molar-refractivity contribution in [2.45, 2.75) is 0 Å². The van der Waals surface area contributed by atoms with Gasteiger partial charge in [-0.1, -0.05) is 170 Å². The smallest absolute Gasteiger partial charge is 0.163 e. The van der Waals surface area contributed by atoms with E-state index in [4.69, 9.17) is 19.9 Å². The molecule has 10 rings (SSSR count). The molecule has 0 atom stereocenters. The molecular formula is C48H31N5. The Labute approximate surface area is 306 Å². The predicted molar refractivity (Wildman–Crippen MR) is 216 cm³/mol. The van der Waals surface area contributed by atoms with Crippen LogP contribution in [0.1, 0.15) is 0 Å². The van der Waals surface area contributed by atoms with Gasteiger partial charge in [0, 0.05) is 38.4 Å². The molecule has 0 N–H and O–H groups in total. The largest absolute Gasteiger partial charge is 0.277 e. The summed E-state index contributed by atoms with van der Waals surface area (Å²) in [7, 11) is 0. The van der Waals surface area contributed by atoms with Crippen LogP contribution < -0.4 is 0 Å². The summed E-state index contributed by atoms with van der Waals surface area (Å²) >= 11 is 0. The fourth-order valence-corrected chi connectivity index (χ4v) is 7.31. The number of nitrogens with zero attached hydrogens (tertiary/aromatic N) is 5. The van der Waals surface area contributed by atoms with E-state index < -0.39 is 0 Å². The molecule has 0 aliphatic heterocycles. The maximum absolute atomic E-state index is 5.24. The zero-order valence-corrected chi connectivity index (χ0v) is 28.6. The maximum atomic E-state index is 5.24. The Morgan fingerprint density at radius 2 is 0.830 bits per heavy atom. The van der Waals surface area contributed by atoms with Gasteiger partial charge in [-0.2, -0.15) is 0 Å². The third kappa shape index (κ3) is 5.43. The summed E-state index contributed by atoms with van der Waals surface area (Å²) in [6.07, 6.45) is 0. The molecule has 0 saturated heterocycles. The molecular weight excluding hydrogens is 647 g/mol. The van der Waals surface area contributed by atoms with Crippen LogP contribution in [0, 0.1) is 0 Å². The highest BCUT2D eigenvalue weighted by molar-refractivity contribution is 6.06. The van der Waals surface area contributed by atoms with Gasteiger partial charge in [-0.05, 0) is 34.9 Å².